The number of carbonyl (C=O) groups excluding carboxylic acids is 2. The minimum Gasteiger partial charge on any atom is -0.461 e. The molecule has 19 heavy (non-hydrogen) atoms. The quantitative estimate of drug-likeness (QED) is 0.602. The molecule has 2 amide bonds. The molecule has 1 aromatic heterocycles. The van der Waals surface area contributed by atoms with Crippen LogP contribution in [0.15, 0.2) is 5.51 Å². The van der Waals surface area contributed by atoms with Gasteiger partial charge in [-0.25, -0.2) is 14.6 Å². The fourth-order valence-corrected chi connectivity index (χ4v) is 1.92. The number of hydrogen-bond acceptors (Lipinski definition) is 6. The van der Waals surface area contributed by atoms with Crippen molar-refractivity contribution in [3.63, 3.8) is 0 Å². The predicted molar refractivity (Wildman–Crippen MR) is 73.6 cm³/mol. The highest BCUT2D eigenvalue weighted by molar-refractivity contribution is 7.14. The van der Waals surface area contributed by atoms with Gasteiger partial charge in [-0.15, -0.1) is 11.3 Å². The fraction of sp³-hybridized carbons (Fsp3) is 0.545. The van der Waals surface area contributed by atoms with Gasteiger partial charge in [-0.1, -0.05) is 0 Å². The molecule has 1 rings (SSSR count). The molecule has 0 radical (unpaired) electrons. The number of rotatable bonds is 6. The number of aromatic nitrogens is 1. The Morgan fingerprint density at radius 2 is 2.16 bits per heavy atom. The molecule has 0 saturated heterocycles. The van der Waals surface area contributed by atoms with Gasteiger partial charge in [0.25, 0.3) is 0 Å². The van der Waals surface area contributed by atoms with Crippen LogP contribution in [0.1, 0.15) is 17.4 Å². The van der Waals surface area contributed by atoms with Gasteiger partial charge in [0, 0.05) is 27.2 Å². The SMILES string of the molecule is CCOC(=O)c1ncsc1NCCNC(=O)N(C)C. The van der Waals surface area contributed by atoms with Gasteiger partial charge in [0.05, 0.1) is 12.1 Å². The van der Waals surface area contributed by atoms with E-state index >= 15 is 0 Å². The van der Waals surface area contributed by atoms with E-state index in [-0.39, 0.29) is 11.7 Å². The third-order valence-corrected chi connectivity index (χ3v) is 2.91. The average Bonchev–Trinajstić information content (AvgIpc) is 2.82. The lowest BCUT2D eigenvalue weighted by Crippen LogP contribution is -2.37. The summed E-state index contributed by atoms with van der Waals surface area (Å²) >= 11 is 1.32. The molecule has 106 valence electrons. The van der Waals surface area contributed by atoms with Crippen molar-refractivity contribution >= 4 is 28.3 Å². The molecule has 2 N–H and O–H groups in total. The molecule has 0 bridgehead atoms. The molecule has 1 heterocycles. The first-order valence-electron chi connectivity index (χ1n) is 5.85. The first-order valence-corrected chi connectivity index (χ1v) is 6.73. The van der Waals surface area contributed by atoms with E-state index in [1.54, 1.807) is 26.5 Å². The zero-order valence-electron chi connectivity index (χ0n) is 11.2. The molecular weight excluding hydrogens is 268 g/mol. The van der Waals surface area contributed by atoms with E-state index in [1.807, 2.05) is 0 Å². The maximum absolute atomic E-state index is 11.6. The summed E-state index contributed by atoms with van der Waals surface area (Å²) in [5, 5.41) is 6.41. The topological polar surface area (TPSA) is 83.6 Å². The normalized spacial score (nSPS) is 9.84. The number of nitrogens with one attached hydrogen (secondary N) is 2. The van der Waals surface area contributed by atoms with Crippen molar-refractivity contribution in [1.82, 2.24) is 15.2 Å². The molecule has 8 heteroatoms. The van der Waals surface area contributed by atoms with Crippen molar-refractivity contribution in [1.29, 1.82) is 0 Å². The van der Waals surface area contributed by atoms with Crippen LogP contribution in [0.4, 0.5) is 9.80 Å². The zero-order valence-corrected chi connectivity index (χ0v) is 12.0. The summed E-state index contributed by atoms with van der Waals surface area (Å²) in [5.74, 6) is -0.441. The number of anilines is 1. The fourth-order valence-electron chi connectivity index (χ4n) is 1.22. The van der Waals surface area contributed by atoms with Gasteiger partial charge in [-0.05, 0) is 6.92 Å². The van der Waals surface area contributed by atoms with Crippen LogP contribution in [0.2, 0.25) is 0 Å². The first kappa shape index (κ1) is 15.2. The Kier molecular flexibility index (Phi) is 6.07. The second kappa shape index (κ2) is 7.57. The standard InChI is InChI=1S/C11H18N4O3S/c1-4-18-10(16)8-9(19-7-14-8)12-5-6-13-11(17)15(2)3/h7,12H,4-6H2,1-3H3,(H,13,17). The molecule has 1 aromatic rings. The summed E-state index contributed by atoms with van der Waals surface area (Å²) in [6.45, 7) is 3.02. The predicted octanol–water partition coefficient (Wildman–Crippen LogP) is 1.00. The number of ether oxygens (including phenoxy) is 1. The minimum atomic E-state index is -0.441. The Hall–Kier alpha value is -1.83. The lowest BCUT2D eigenvalue weighted by Gasteiger charge is -2.12. The number of thiazole rings is 1. The van der Waals surface area contributed by atoms with Crippen LogP contribution in [0.5, 0.6) is 0 Å². The molecule has 0 aliphatic rings. The highest BCUT2D eigenvalue weighted by atomic mass is 32.1. The van der Waals surface area contributed by atoms with E-state index < -0.39 is 5.97 Å². The van der Waals surface area contributed by atoms with Gasteiger partial charge in [-0.3, -0.25) is 0 Å². The van der Waals surface area contributed by atoms with Crippen LogP contribution < -0.4 is 10.6 Å². The molecule has 0 saturated carbocycles. The molecule has 0 atom stereocenters. The summed E-state index contributed by atoms with van der Waals surface area (Å²) in [5.41, 5.74) is 1.86. The Morgan fingerprint density at radius 3 is 2.79 bits per heavy atom. The molecule has 0 aliphatic heterocycles. The molecule has 0 aliphatic carbocycles. The Labute approximate surface area is 116 Å². The number of carbonyl (C=O) groups is 2. The van der Waals surface area contributed by atoms with Crippen LogP contribution in [0.3, 0.4) is 0 Å². The van der Waals surface area contributed by atoms with Crippen molar-refractivity contribution in [2.75, 3.05) is 39.1 Å². The molecule has 0 spiro atoms. The number of amides is 2. The average molecular weight is 286 g/mol. The van der Waals surface area contributed by atoms with Crippen LogP contribution in [0, 0.1) is 0 Å². The lowest BCUT2D eigenvalue weighted by molar-refractivity contribution is 0.0521. The van der Waals surface area contributed by atoms with Crippen LogP contribution in [0.25, 0.3) is 0 Å². The second-order valence-electron chi connectivity index (χ2n) is 3.80. The highest BCUT2D eigenvalue weighted by Gasteiger charge is 2.15. The van der Waals surface area contributed by atoms with Crippen molar-refractivity contribution in [2.45, 2.75) is 6.92 Å². The van der Waals surface area contributed by atoms with Crippen LogP contribution in [-0.2, 0) is 4.74 Å². The van der Waals surface area contributed by atoms with Gasteiger partial charge in [0.2, 0.25) is 0 Å². The number of hydrogen-bond donors (Lipinski definition) is 2. The van der Waals surface area contributed by atoms with Crippen molar-refractivity contribution < 1.29 is 14.3 Å². The molecule has 0 aromatic carbocycles. The maximum Gasteiger partial charge on any atom is 0.360 e. The van der Waals surface area contributed by atoms with E-state index in [2.05, 4.69) is 15.6 Å². The summed E-state index contributed by atoms with van der Waals surface area (Å²) in [6, 6.07) is -0.156. The van der Waals surface area contributed by atoms with E-state index in [4.69, 9.17) is 4.74 Å². The summed E-state index contributed by atoms with van der Waals surface area (Å²) in [7, 11) is 3.34. The maximum atomic E-state index is 11.6. The molecule has 0 unspecified atom stereocenters. The Balaban J connectivity index is 2.40. The Morgan fingerprint density at radius 1 is 1.42 bits per heavy atom. The highest BCUT2D eigenvalue weighted by Crippen LogP contribution is 2.20. The van der Waals surface area contributed by atoms with Crippen molar-refractivity contribution in [2.24, 2.45) is 0 Å². The number of nitrogens with zero attached hydrogens (tertiary/aromatic N) is 2. The van der Waals surface area contributed by atoms with E-state index in [0.717, 1.165) is 0 Å². The van der Waals surface area contributed by atoms with Gasteiger partial charge < -0.3 is 20.3 Å². The van der Waals surface area contributed by atoms with E-state index in [0.29, 0.717) is 24.7 Å². The van der Waals surface area contributed by atoms with E-state index in [9.17, 15) is 9.59 Å². The smallest absolute Gasteiger partial charge is 0.360 e. The van der Waals surface area contributed by atoms with Gasteiger partial charge in [-0.2, -0.15) is 0 Å². The van der Waals surface area contributed by atoms with E-state index in [1.165, 1.54) is 16.2 Å². The van der Waals surface area contributed by atoms with Crippen molar-refractivity contribution in [3.05, 3.63) is 11.2 Å². The summed E-state index contributed by atoms with van der Waals surface area (Å²) < 4.78 is 4.89. The minimum absolute atomic E-state index is 0.156. The van der Waals surface area contributed by atoms with Gasteiger partial charge in [0.1, 0.15) is 5.00 Å². The van der Waals surface area contributed by atoms with Gasteiger partial charge >= 0.3 is 12.0 Å². The van der Waals surface area contributed by atoms with Crippen LogP contribution >= 0.6 is 11.3 Å². The lowest BCUT2D eigenvalue weighted by atomic mass is 10.4. The molecule has 7 nitrogen and oxygen atoms in total. The summed E-state index contributed by atoms with van der Waals surface area (Å²) in [6.07, 6.45) is 0. The number of urea groups is 1. The van der Waals surface area contributed by atoms with Crippen molar-refractivity contribution in [3.8, 4) is 0 Å². The van der Waals surface area contributed by atoms with Crippen LogP contribution in [-0.4, -0.2) is 55.7 Å². The molecular formula is C11H18N4O3S. The zero-order chi connectivity index (χ0) is 14.3. The first-order chi connectivity index (χ1) is 9.06. The van der Waals surface area contributed by atoms with Gasteiger partial charge in [0.15, 0.2) is 5.69 Å². The Bertz CT molecular complexity index is 433. The largest absolute Gasteiger partial charge is 0.461 e. The second-order valence-corrected chi connectivity index (χ2v) is 4.66. The third kappa shape index (κ3) is 4.74. The monoisotopic (exact) mass is 286 g/mol. The number of esters is 1. The summed E-state index contributed by atoms with van der Waals surface area (Å²) in [4.78, 5) is 28.2. The molecule has 0 fully saturated rings. The third-order valence-electron chi connectivity index (χ3n) is 2.13.